The normalized spacial score (nSPS) is 25.7. The van der Waals surface area contributed by atoms with E-state index >= 15 is 0 Å². The molecule has 2 atom stereocenters. The maximum absolute atomic E-state index is 12.3. The van der Waals surface area contributed by atoms with E-state index in [0.717, 1.165) is 17.9 Å². The van der Waals surface area contributed by atoms with Crippen LogP contribution in [-0.4, -0.2) is 41.1 Å². The van der Waals surface area contributed by atoms with Gasteiger partial charge >= 0.3 is 0 Å². The summed E-state index contributed by atoms with van der Waals surface area (Å²) in [5.41, 5.74) is 2.31. The molecule has 2 aliphatic rings. The number of carbonyl (C=O) groups is 1. The average molecular weight is 303 g/mol. The summed E-state index contributed by atoms with van der Waals surface area (Å²) in [6, 6.07) is 4.85. The molecule has 122 valence electrons. The Morgan fingerprint density at radius 3 is 2.64 bits per heavy atom. The van der Waals surface area contributed by atoms with Crippen LogP contribution in [0.15, 0.2) is 12.1 Å². The zero-order valence-corrected chi connectivity index (χ0v) is 14.0. The molecule has 4 nitrogen and oxygen atoms in total. The van der Waals surface area contributed by atoms with Gasteiger partial charge in [0.05, 0.1) is 0 Å². The predicted molar refractivity (Wildman–Crippen MR) is 88.9 cm³/mol. The van der Waals surface area contributed by atoms with Crippen LogP contribution in [0.2, 0.25) is 0 Å². The molecule has 1 amide bonds. The van der Waals surface area contributed by atoms with Crippen molar-refractivity contribution >= 4 is 5.91 Å². The third-order valence-electron chi connectivity index (χ3n) is 5.51. The van der Waals surface area contributed by atoms with Gasteiger partial charge in [0.2, 0.25) is 5.91 Å². The molecule has 1 N–H and O–H groups in total. The molecule has 0 bridgehead atoms. The van der Waals surface area contributed by atoms with Crippen molar-refractivity contribution in [2.24, 2.45) is 5.92 Å². The molecule has 3 heterocycles. The Labute approximate surface area is 133 Å². The number of hydrogen-bond donors (Lipinski definition) is 1. The second-order valence-electron chi connectivity index (χ2n) is 7.01. The summed E-state index contributed by atoms with van der Waals surface area (Å²) in [4.78, 5) is 14.9. The van der Waals surface area contributed by atoms with Gasteiger partial charge in [0, 0.05) is 24.0 Å². The van der Waals surface area contributed by atoms with Crippen LogP contribution >= 0.6 is 0 Å². The van der Waals surface area contributed by atoms with Crippen molar-refractivity contribution < 1.29 is 4.79 Å². The van der Waals surface area contributed by atoms with Crippen LogP contribution in [0.5, 0.6) is 0 Å². The van der Waals surface area contributed by atoms with Gasteiger partial charge in [-0.1, -0.05) is 6.42 Å². The van der Waals surface area contributed by atoms with E-state index in [4.69, 9.17) is 0 Å². The highest BCUT2D eigenvalue weighted by atomic mass is 16.1. The summed E-state index contributed by atoms with van der Waals surface area (Å²) >= 11 is 0. The minimum absolute atomic E-state index is 0.148. The first kappa shape index (κ1) is 15.6. The fourth-order valence-electron chi connectivity index (χ4n) is 4.21. The Kier molecular flexibility index (Phi) is 4.87. The summed E-state index contributed by atoms with van der Waals surface area (Å²) in [5, 5.41) is 3.19. The zero-order valence-electron chi connectivity index (χ0n) is 14.0. The number of aromatic nitrogens is 1. The van der Waals surface area contributed by atoms with Crippen LogP contribution in [0.25, 0.3) is 0 Å². The number of rotatable bonds is 4. The summed E-state index contributed by atoms with van der Waals surface area (Å²) in [6.45, 7) is 7.93. The van der Waals surface area contributed by atoms with Crippen LogP contribution in [0.3, 0.4) is 0 Å². The van der Waals surface area contributed by atoms with E-state index in [2.05, 4.69) is 40.8 Å². The molecule has 3 rings (SSSR count). The van der Waals surface area contributed by atoms with E-state index in [0.29, 0.717) is 18.5 Å². The van der Waals surface area contributed by atoms with Gasteiger partial charge in [-0.2, -0.15) is 0 Å². The standard InChI is InChI=1S/C18H29N3O/c1-14-8-9-15(2)21(14)13-18(22)19-12-16-6-5-11-20-10-4-3-7-17(16)20/h8-9,16-17H,3-7,10-13H2,1-2H3,(H,19,22)/t16-,17+/m0/s1. The molecular formula is C18H29N3O. The van der Waals surface area contributed by atoms with Gasteiger partial charge in [-0.3, -0.25) is 4.79 Å². The summed E-state index contributed by atoms with van der Waals surface area (Å²) in [6.07, 6.45) is 6.57. The molecule has 0 spiro atoms. The van der Waals surface area contributed by atoms with E-state index < -0.39 is 0 Å². The fraction of sp³-hybridized carbons (Fsp3) is 0.722. The lowest BCUT2D eigenvalue weighted by Crippen LogP contribution is -2.51. The molecule has 1 aromatic heterocycles. The monoisotopic (exact) mass is 303 g/mol. The van der Waals surface area contributed by atoms with Gasteiger partial charge in [0.1, 0.15) is 6.54 Å². The third kappa shape index (κ3) is 3.37. The highest BCUT2D eigenvalue weighted by Gasteiger charge is 2.32. The number of aryl methyl sites for hydroxylation is 2. The zero-order chi connectivity index (χ0) is 15.5. The molecule has 2 fully saturated rings. The van der Waals surface area contributed by atoms with Gasteiger partial charge < -0.3 is 14.8 Å². The highest BCUT2D eigenvalue weighted by Crippen LogP contribution is 2.30. The second kappa shape index (κ2) is 6.86. The summed E-state index contributed by atoms with van der Waals surface area (Å²) in [7, 11) is 0. The first-order chi connectivity index (χ1) is 10.6. The van der Waals surface area contributed by atoms with Crippen LogP contribution in [0, 0.1) is 19.8 Å². The van der Waals surface area contributed by atoms with E-state index in [1.165, 1.54) is 45.2 Å². The van der Waals surface area contributed by atoms with E-state index in [-0.39, 0.29) is 5.91 Å². The predicted octanol–water partition coefficient (Wildman–Crippen LogP) is 2.49. The molecular weight excluding hydrogens is 274 g/mol. The van der Waals surface area contributed by atoms with Crippen LogP contribution in [-0.2, 0) is 11.3 Å². The summed E-state index contributed by atoms with van der Waals surface area (Å²) in [5.74, 6) is 0.792. The number of hydrogen-bond acceptors (Lipinski definition) is 2. The number of piperidine rings is 2. The SMILES string of the molecule is Cc1ccc(C)n1CC(=O)NC[C@@H]1CCCN2CCCC[C@H]12. The average Bonchev–Trinajstić information content (AvgIpc) is 2.85. The molecule has 4 heteroatoms. The Morgan fingerprint density at radius 1 is 1.14 bits per heavy atom. The molecule has 22 heavy (non-hydrogen) atoms. The number of nitrogens with zero attached hydrogens (tertiary/aromatic N) is 2. The molecule has 0 radical (unpaired) electrons. The number of amides is 1. The van der Waals surface area contributed by atoms with Crippen molar-refractivity contribution in [2.45, 2.75) is 58.5 Å². The lowest BCUT2D eigenvalue weighted by Gasteiger charge is -2.44. The maximum Gasteiger partial charge on any atom is 0.239 e. The second-order valence-corrected chi connectivity index (χ2v) is 7.01. The largest absolute Gasteiger partial charge is 0.354 e. The molecule has 1 aromatic rings. The quantitative estimate of drug-likeness (QED) is 0.928. The number of nitrogens with one attached hydrogen (secondary N) is 1. The van der Waals surface area contributed by atoms with E-state index in [9.17, 15) is 4.79 Å². The molecule has 0 aliphatic carbocycles. The van der Waals surface area contributed by atoms with Crippen molar-refractivity contribution in [2.75, 3.05) is 19.6 Å². The summed E-state index contributed by atoms with van der Waals surface area (Å²) < 4.78 is 2.09. The Balaban J connectivity index is 1.52. The smallest absolute Gasteiger partial charge is 0.239 e. The first-order valence-electron chi connectivity index (χ1n) is 8.78. The van der Waals surface area contributed by atoms with Gasteiger partial charge in [-0.05, 0) is 70.7 Å². The molecule has 0 saturated carbocycles. The van der Waals surface area contributed by atoms with Gasteiger partial charge in [0.25, 0.3) is 0 Å². The fourth-order valence-corrected chi connectivity index (χ4v) is 4.21. The Bertz CT molecular complexity index is 501. The van der Waals surface area contributed by atoms with Crippen molar-refractivity contribution in [3.63, 3.8) is 0 Å². The third-order valence-corrected chi connectivity index (χ3v) is 5.51. The van der Waals surface area contributed by atoms with Crippen molar-refractivity contribution in [3.05, 3.63) is 23.5 Å². The van der Waals surface area contributed by atoms with Gasteiger partial charge in [-0.25, -0.2) is 0 Å². The highest BCUT2D eigenvalue weighted by molar-refractivity contribution is 5.75. The van der Waals surface area contributed by atoms with Crippen molar-refractivity contribution in [1.29, 1.82) is 0 Å². The Hall–Kier alpha value is -1.29. The minimum Gasteiger partial charge on any atom is -0.354 e. The molecule has 0 aromatic carbocycles. The number of carbonyl (C=O) groups excluding carboxylic acids is 1. The van der Waals surface area contributed by atoms with Gasteiger partial charge in [0.15, 0.2) is 0 Å². The van der Waals surface area contributed by atoms with Gasteiger partial charge in [-0.15, -0.1) is 0 Å². The molecule has 0 unspecified atom stereocenters. The number of fused-ring (bicyclic) bond motifs is 1. The van der Waals surface area contributed by atoms with E-state index in [1.54, 1.807) is 0 Å². The molecule has 2 aliphatic heterocycles. The van der Waals surface area contributed by atoms with Crippen LogP contribution in [0.1, 0.15) is 43.5 Å². The maximum atomic E-state index is 12.3. The minimum atomic E-state index is 0.148. The van der Waals surface area contributed by atoms with Crippen molar-refractivity contribution in [1.82, 2.24) is 14.8 Å². The van der Waals surface area contributed by atoms with Crippen LogP contribution in [0.4, 0.5) is 0 Å². The molecule has 2 saturated heterocycles. The van der Waals surface area contributed by atoms with E-state index in [1.807, 2.05) is 0 Å². The lowest BCUT2D eigenvalue weighted by atomic mass is 9.83. The van der Waals surface area contributed by atoms with Crippen LogP contribution < -0.4 is 5.32 Å². The topological polar surface area (TPSA) is 37.3 Å². The lowest BCUT2D eigenvalue weighted by molar-refractivity contribution is -0.122. The first-order valence-corrected chi connectivity index (χ1v) is 8.78. The van der Waals surface area contributed by atoms with Crippen molar-refractivity contribution in [3.8, 4) is 0 Å². The Morgan fingerprint density at radius 2 is 1.86 bits per heavy atom.